The zero-order valence-corrected chi connectivity index (χ0v) is 10.3. The van der Waals surface area contributed by atoms with E-state index in [0.717, 1.165) is 12.0 Å². The Morgan fingerprint density at radius 2 is 2.26 bits per heavy atom. The fourth-order valence-electron chi connectivity index (χ4n) is 2.62. The molecule has 7 nitrogen and oxygen atoms in total. The molecule has 19 heavy (non-hydrogen) atoms. The summed E-state index contributed by atoms with van der Waals surface area (Å²) in [6.07, 6.45) is 4.15. The van der Waals surface area contributed by atoms with E-state index in [2.05, 4.69) is 10.3 Å². The predicted molar refractivity (Wildman–Crippen MR) is 66.9 cm³/mol. The molecule has 3 rings (SSSR count). The van der Waals surface area contributed by atoms with E-state index in [1.807, 2.05) is 12.3 Å². The van der Waals surface area contributed by atoms with Crippen LogP contribution >= 0.6 is 0 Å². The number of nitrogens with one attached hydrogen (secondary N) is 1. The largest absolute Gasteiger partial charge is 0.394 e. The van der Waals surface area contributed by atoms with Gasteiger partial charge in [0.1, 0.15) is 24.5 Å². The van der Waals surface area contributed by atoms with E-state index in [9.17, 15) is 10.2 Å². The van der Waals surface area contributed by atoms with Gasteiger partial charge in [-0.15, -0.1) is 0 Å². The maximum Gasteiger partial charge on any atom is 0.161 e. The van der Waals surface area contributed by atoms with E-state index in [4.69, 9.17) is 9.84 Å². The molecule has 1 unspecified atom stereocenters. The highest BCUT2D eigenvalue weighted by atomic mass is 16.6. The standard InChI is InChI=1S/C12H17N3O4/c16-5-8-9(17)10(18)12(19-8)15-3-1-2-7-4-13-6-14-11(7)15/h1,3-4,6,8-12,16-18H,2,5H2,(H,13,14)/t8-,9-,10-,11?,12-/m1/s1. The molecule has 0 aliphatic carbocycles. The minimum atomic E-state index is -1.09. The van der Waals surface area contributed by atoms with Crippen LogP contribution in [0.1, 0.15) is 6.42 Å². The van der Waals surface area contributed by atoms with Gasteiger partial charge in [-0.1, -0.05) is 6.08 Å². The first kappa shape index (κ1) is 12.6. The summed E-state index contributed by atoms with van der Waals surface area (Å²) in [7, 11) is 0. The molecule has 3 aliphatic rings. The summed E-state index contributed by atoms with van der Waals surface area (Å²) in [4.78, 5) is 5.83. The lowest BCUT2D eigenvalue weighted by molar-refractivity contribution is -0.0916. The van der Waals surface area contributed by atoms with Gasteiger partial charge in [0.05, 0.1) is 12.9 Å². The van der Waals surface area contributed by atoms with Crippen molar-refractivity contribution in [2.24, 2.45) is 4.99 Å². The van der Waals surface area contributed by atoms with Crippen molar-refractivity contribution in [1.29, 1.82) is 0 Å². The lowest BCUT2D eigenvalue weighted by Gasteiger charge is -2.40. The minimum absolute atomic E-state index is 0.146. The molecule has 5 atom stereocenters. The summed E-state index contributed by atoms with van der Waals surface area (Å²) < 4.78 is 5.54. The second-order valence-corrected chi connectivity index (χ2v) is 4.82. The third-order valence-electron chi connectivity index (χ3n) is 3.64. The van der Waals surface area contributed by atoms with Gasteiger partial charge in [-0.05, 0) is 12.0 Å². The molecule has 0 amide bonds. The van der Waals surface area contributed by atoms with Gasteiger partial charge in [-0.2, -0.15) is 0 Å². The molecule has 0 saturated carbocycles. The maximum absolute atomic E-state index is 10.1. The molecule has 1 saturated heterocycles. The molecule has 0 aromatic heterocycles. The molecular weight excluding hydrogens is 250 g/mol. The molecule has 104 valence electrons. The lowest BCUT2D eigenvalue weighted by Crippen LogP contribution is -2.54. The molecule has 0 spiro atoms. The van der Waals surface area contributed by atoms with Crippen LogP contribution in [0.25, 0.3) is 0 Å². The number of aliphatic hydroxyl groups is 3. The number of fused-ring (bicyclic) bond motifs is 1. The first-order valence-electron chi connectivity index (χ1n) is 6.25. The molecule has 0 aromatic carbocycles. The number of allylic oxidation sites excluding steroid dienone is 1. The van der Waals surface area contributed by atoms with Crippen LogP contribution in [0.4, 0.5) is 0 Å². The number of aliphatic hydroxyl groups excluding tert-OH is 3. The van der Waals surface area contributed by atoms with E-state index in [-0.39, 0.29) is 12.8 Å². The monoisotopic (exact) mass is 267 g/mol. The van der Waals surface area contributed by atoms with Crippen molar-refractivity contribution < 1.29 is 20.1 Å². The third-order valence-corrected chi connectivity index (χ3v) is 3.64. The molecule has 0 aromatic rings. The zero-order valence-electron chi connectivity index (χ0n) is 10.3. The van der Waals surface area contributed by atoms with Gasteiger partial charge in [0.15, 0.2) is 6.23 Å². The SMILES string of the molecule is OC[C@H]1O[C@@H](N2C=CCC3=CN=CNC32)[C@H](O)[C@@H]1O. The maximum atomic E-state index is 10.1. The van der Waals surface area contributed by atoms with Gasteiger partial charge >= 0.3 is 0 Å². The Bertz CT molecular complexity index is 437. The van der Waals surface area contributed by atoms with Gasteiger partial charge in [0.25, 0.3) is 0 Å². The van der Waals surface area contributed by atoms with Crippen LogP contribution in [0, 0.1) is 0 Å². The molecule has 0 radical (unpaired) electrons. The highest BCUT2D eigenvalue weighted by Gasteiger charge is 2.46. The minimum Gasteiger partial charge on any atom is -0.394 e. The Hall–Kier alpha value is -1.41. The Kier molecular flexibility index (Phi) is 3.28. The van der Waals surface area contributed by atoms with Crippen molar-refractivity contribution in [1.82, 2.24) is 10.2 Å². The molecule has 3 aliphatic heterocycles. The Labute approximate surface area is 110 Å². The van der Waals surface area contributed by atoms with E-state index >= 15 is 0 Å². The van der Waals surface area contributed by atoms with Gasteiger partial charge in [-0.25, -0.2) is 4.99 Å². The van der Waals surface area contributed by atoms with E-state index < -0.39 is 24.5 Å². The van der Waals surface area contributed by atoms with E-state index in [1.54, 1.807) is 17.4 Å². The topological polar surface area (TPSA) is 97.6 Å². The van der Waals surface area contributed by atoms with Crippen LogP contribution < -0.4 is 5.32 Å². The first-order valence-corrected chi connectivity index (χ1v) is 6.25. The van der Waals surface area contributed by atoms with Crippen LogP contribution in [0.3, 0.4) is 0 Å². The Balaban J connectivity index is 1.82. The van der Waals surface area contributed by atoms with Crippen LogP contribution in [-0.2, 0) is 4.74 Å². The molecule has 0 bridgehead atoms. The Morgan fingerprint density at radius 1 is 1.42 bits per heavy atom. The third kappa shape index (κ3) is 2.04. The first-order chi connectivity index (χ1) is 9.22. The van der Waals surface area contributed by atoms with E-state index in [0.29, 0.717) is 0 Å². The summed E-state index contributed by atoms with van der Waals surface area (Å²) in [5.41, 5.74) is 1.06. The summed E-state index contributed by atoms with van der Waals surface area (Å²) in [5, 5.41) is 32.1. The van der Waals surface area contributed by atoms with Gasteiger partial charge in [0, 0.05) is 12.4 Å². The number of hydrogen-bond donors (Lipinski definition) is 4. The number of nitrogens with zero attached hydrogens (tertiary/aromatic N) is 2. The van der Waals surface area contributed by atoms with Crippen molar-refractivity contribution in [3.63, 3.8) is 0 Å². The average molecular weight is 267 g/mol. The molecular formula is C12H17N3O4. The second kappa shape index (κ2) is 4.93. The molecule has 3 heterocycles. The average Bonchev–Trinajstić information content (AvgIpc) is 2.74. The number of aliphatic imine (C=N–C) groups is 1. The van der Waals surface area contributed by atoms with Crippen molar-refractivity contribution >= 4 is 6.34 Å². The zero-order chi connectivity index (χ0) is 13.4. The molecule has 1 fully saturated rings. The lowest BCUT2D eigenvalue weighted by atomic mass is 10.0. The predicted octanol–water partition coefficient (Wildman–Crippen LogP) is -1.51. The van der Waals surface area contributed by atoms with Crippen molar-refractivity contribution in [3.05, 3.63) is 24.0 Å². The summed E-state index contributed by atoms with van der Waals surface area (Å²) in [6, 6.07) is 0. The highest BCUT2D eigenvalue weighted by Crippen LogP contribution is 2.30. The number of ether oxygens (including phenoxy) is 1. The van der Waals surface area contributed by atoms with Crippen LogP contribution in [0.15, 0.2) is 29.0 Å². The van der Waals surface area contributed by atoms with Gasteiger partial charge < -0.3 is 30.3 Å². The van der Waals surface area contributed by atoms with Crippen molar-refractivity contribution in [2.75, 3.05) is 6.61 Å². The molecule has 7 heteroatoms. The van der Waals surface area contributed by atoms with E-state index in [1.165, 1.54) is 0 Å². The van der Waals surface area contributed by atoms with Crippen molar-refractivity contribution in [2.45, 2.75) is 37.1 Å². The summed E-state index contributed by atoms with van der Waals surface area (Å²) >= 11 is 0. The Morgan fingerprint density at radius 3 is 3.00 bits per heavy atom. The number of rotatable bonds is 2. The highest BCUT2D eigenvalue weighted by molar-refractivity contribution is 5.59. The summed E-state index contributed by atoms with van der Waals surface area (Å²) in [6.45, 7) is -0.325. The van der Waals surface area contributed by atoms with Gasteiger partial charge in [0.2, 0.25) is 0 Å². The summed E-state index contributed by atoms with van der Waals surface area (Å²) in [5.74, 6) is 0. The normalized spacial score (nSPS) is 40.9. The fraction of sp³-hybridized carbons (Fsp3) is 0.583. The van der Waals surface area contributed by atoms with Crippen LogP contribution in [-0.4, -0.2) is 63.9 Å². The van der Waals surface area contributed by atoms with Crippen LogP contribution in [0.5, 0.6) is 0 Å². The number of hydrogen-bond acceptors (Lipinski definition) is 7. The molecule has 4 N–H and O–H groups in total. The second-order valence-electron chi connectivity index (χ2n) is 4.82. The van der Waals surface area contributed by atoms with Gasteiger partial charge in [-0.3, -0.25) is 0 Å². The fourth-order valence-corrected chi connectivity index (χ4v) is 2.62. The smallest absolute Gasteiger partial charge is 0.161 e. The quantitative estimate of drug-likeness (QED) is 0.485. The van der Waals surface area contributed by atoms with Crippen LogP contribution in [0.2, 0.25) is 0 Å². The van der Waals surface area contributed by atoms with Crippen molar-refractivity contribution in [3.8, 4) is 0 Å².